The molecule has 2 heterocycles. The van der Waals surface area contributed by atoms with Crippen LogP contribution < -0.4 is 4.90 Å². The summed E-state index contributed by atoms with van der Waals surface area (Å²) in [5.41, 5.74) is 2.99. The summed E-state index contributed by atoms with van der Waals surface area (Å²) in [5.74, 6) is -0.978. The lowest BCUT2D eigenvalue weighted by atomic mass is 9.93. The number of oxime groups is 1. The molecule has 1 unspecified atom stereocenters. The van der Waals surface area contributed by atoms with Gasteiger partial charge in [0.1, 0.15) is 0 Å². The van der Waals surface area contributed by atoms with Gasteiger partial charge in [-0.05, 0) is 43.0 Å². The maximum Gasteiger partial charge on any atom is 0.351 e. The monoisotopic (exact) mass is 274 g/mol. The number of rotatable bonds is 2. The van der Waals surface area contributed by atoms with Crippen LogP contribution in [0.25, 0.3) is 0 Å². The number of carboxylic acid groups (broad SMARTS) is 1. The first-order valence-electron chi connectivity index (χ1n) is 6.82. The van der Waals surface area contributed by atoms with Crippen molar-refractivity contribution in [2.75, 3.05) is 18.5 Å². The third kappa shape index (κ3) is 2.03. The number of aliphatic carboxylic acids is 1. The summed E-state index contributed by atoms with van der Waals surface area (Å²) in [4.78, 5) is 18.5. The number of carboxylic acids is 1. The van der Waals surface area contributed by atoms with Crippen LogP contribution in [0.3, 0.4) is 0 Å². The molecule has 2 aliphatic heterocycles. The summed E-state index contributed by atoms with van der Waals surface area (Å²) in [5, 5.41) is 13.1. The van der Waals surface area contributed by atoms with E-state index >= 15 is 0 Å². The number of hydrogen-bond acceptors (Lipinski definition) is 4. The summed E-state index contributed by atoms with van der Waals surface area (Å²) in [6, 6.07) is 6.19. The molecule has 1 aromatic rings. The minimum Gasteiger partial charge on any atom is -0.478 e. The lowest BCUT2D eigenvalue weighted by Crippen LogP contribution is -2.35. The SMILES string of the molecule is CN1CCCc2cc(C3=NOC(C)(C(=O)O)C3)ccc21. The van der Waals surface area contributed by atoms with Gasteiger partial charge in [-0.2, -0.15) is 0 Å². The molecule has 106 valence electrons. The van der Waals surface area contributed by atoms with Crippen molar-refractivity contribution >= 4 is 17.4 Å². The molecule has 0 spiro atoms. The van der Waals surface area contributed by atoms with E-state index in [0.717, 1.165) is 24.9 Å². The summed E-state index contributed by atoms with van der Waals surface area (Å²) >= 11 is 0. The Labute approximate surface area is 117 Å². The Bertz CT molecular complexity index is 597. The standard InChI is InChI=1S/C15H18N2O3/c1-15(14(18)19)9-12(16-20-15)10-5-6-13-11(8-10)4-3-7-17(13)2/h5-6,8H,3-4,7,9H2,1-2H3,(H,18,19). The number of hydrogen-bond donors (Lipinski definition) is 1. The van der Waals surface area contributed by atoms with Crippen molar-refractivity contribution < 1.29 is 14.7 Å². The lowest BCUT2D eigenvalue weighted by molar-refractivity contribution is -0.160. The van der Waals surface area contributed by atoms with Gasteiger partial charge in [0, 0.05) is 25.7 Å². The molecule has 0 fully saturated rings. The highest BCUT2D eigenvalue weighted by atomic mass is 16.7. The normalized spacial score (nSPS) is 24.9. The molecule has 0 radical (unpaired) electrons. The van der Waals surface area contributed by atoms with E-state index in [1.54, 1.807) is 6.92 Å². The fourth-order valence-corrected chi connectivity index (χ4v) is 2.77. The van der Waals surface area contributed by atoms with Crippen LogP contribution in [0.1, 0.15) is 30.9 Å². The Morgan fingerprint density at radius 3 is 3.00 bits per heavy atom. The molecule has 1 atom stereocenters. The predicted molar refractivity (Wildman–Crippen MR) is 76.3 cm³/mol. The Kier molecular flexibility index (Phi) is 2.92. The quantitative estimate of drug-likeness (QED) is 0.896. The first kappa shape index (κ1) is 13.0. The summed E-state index contributed by atoms with van der Waals surface area (Å²) in [7, 11) is 2.09. The minimum absolute atomic E-state index is 0.303. The largest absolute Gasteiger partial charge is 0.478 e. The van der Waals surface area contributed by atoms with Crippen molar-refractivity contribution in [2.24, 2.45) is 5.16 Å². The van der Waals surface area contributed by atoms with Crippen LogP contribution in [-0.4, -0.2) is 36.0 Å². The number of nitrogens with zero attached hydrogens (tertiary/aromatic N) is 2. The van der Waals surface area contributed by atoms with E-state index in [1.807, 2.05) is 6.07 Å². The molecule has 2 aliphatic rings. The van der Waals surface area contributed by atoms with Gasteiger partial charge in [0.2, 0.25) is 5.60 Å². The van der Waals surface area contributed by atoms with Crippen LogP contribution in [0.5, 0.6) is 0 Å². The molecule has 0 saturated heterocycles. The Morgan fingerprint density at radius 2 is 2.30 bits per heavy atom. The van der Waals surface area contributed by atoms with Gasteiger partial charge in [0.05, 0.1) is 5.71 Å². The zero-order valence-electron chi connectivity index (χ0n) is 11.7. The molecule has 1 N–H and O–H groups in total. The van der Waals surface area contributed by atoms with Crippen molar-refractivity contribution in [3.8, 4) is 0 Å². The molecule has 20 heavy (non-hydrogen) atoms. The van der Waals surface area contributed by atoms with Crippen LogP contribution in [0, 0.1) is 0 Å². The van der Waals surface area contributed by atoms with Gasteiger partial charge < -0.3 is 14.8 Å². The average molecular weight is 274 g/mol. The molecule has 0 saturated carbocycles. The van der Waals surface area contributed by atoms with Crippen LogP contribution in [0.4, 0.5) is 5.69 Å². The molecule has 0 bridgehead atoms. The van der Waals surface area contributed by atoms with Gasteiger partial charge in [-0.15, -0.1) is 0 Å². The zero-order valence-corrected chi connectivity index (χ0v) is 11.7. The number of carbonyl (C=O) groups is 1. The second kappa shape index (κ2) is 4.51. The highest BCUT2D eigenvalue weighted by Crippen LogP contribution is 2.31. The summed E-state index contributed by atoms with van der Waals surface area (Å²) in [6.07, 6.45) is 2.50. The summed E-state index contributed by atoms with van der Waals surface area (Å²) < 4.78 is 0. The van der Waals surface area contributed by atoms with E-state index in [9.17, 15) is 4.79 Å². The topological polar surface area (TPSA) is 62.1 Å². The number of fused-ring (bicyclic) bond motifs is 1. The number of anilines is 1. The van der Waals surface area contributed by atoms with Crippen molar-refractivity contribution in [1.29, 1.82) is 0 Å². The Morgan fingerprint density at radius 1 is 1.50 bits per heavy atom. The third-order valence-electron chi connectivity index (χ3n) is 4.08. The molecule has 5 nitrogen and oxygen atoms in total. The number of benzene rings is 1. The van der Waals surface area contributed by atoms with Gasteiger partial charge >= 0.3 is 5.97 Å². The number of aryl methyl sites for hydroxylation is 1. The highest BCUT2D eigenvalue weighted by Gasteiger charge is 2.42. The second-order valence-electron chi connectivity index (χ2n) is 5.71. The van der Waals surface area contributed by atoms with Crippen molar-refractivity contribution in [1.82, 2.24) is 0 Å². The van der Waals surface area contributed by atoms with Crippen molar-refractivity contribution in [3.63, 3.8) is 0 Å². The molecule has 1 aromatic carbocycles. The Hall–Kier alpha value is -2.04. The van der Waals surface area contributed by atoms with Crippen LogP contribution in [0.2, 0.25) is 0 Å². The van der Waals surface area contributed by atoms with Gasteiger partial charge in [0.15, 0.2) is 0 Å². The molecule has 0 amide bonds. The highest BCUT2D eigenvalue weighted by molar-refractivity contribution is 6.04. The maximum absolute atomic E-state index is 11.2. The molecule has 5 heteroatoms. The molecule has 0 aliphatic carbocycles. The van der Waals surface area contributed by atoms with Crippen LogP contribution in [0.15, 0.2) is 23.4 Å². The van der Waals surface area contributed by atoms with Crippen molar-refractivity contribution in [2.45, 2.75) is 31.8 Å². The van der Waals surface area contributed by atoms with E-state index in [1.165, 1.54) is 11.3 Å². The van der Waals surface area contributed by atoms with E-state index in [2.05, 4.69) is 29.2 Å². The van der Waals surface area contributed by atoms with Gasteiger partial charge in [-0.1, -0.05) is 11.2 Å². The smallest absolute Gasteiger partial charge is 0.351 e. The predicted octanol–water partition coefficient (Wildman–Crippen LogP) is 2.04. The molecule has 0 aromatic heterocycles. The van der Waals surface area contributed by atoms with Crippen LogP contribution in [-0.2, 0) is 16.1 Å². The molecular formula is C15H18N2O3. The van der Waals surface area contributed by atoms with Gasteiger partial charge in [-0.3, -0.25) is 0 Å². The van der Waals surface area contributed by atoms with Crippen molar-refractivity contribution in [3.05, 3.63) is 29.3 Å². The van der Waals surface area contributed by atoms with Gasteiger partial charge in [-0.25, -0.2) is 4.79 Å². The van der Waals surface area contributed by atoms with E-state index in [4.69, 9.17) is 9.94 Å². The first-order valence-corrected chi connectivity index (χ1v) is 6.82. The van der Waals surface area contributed by atoms with E-state index in [0.29, 0.717) is 12.1 Å². The zero-order chi connectivity index (χ0) is 14.3. The summed E-state index contributed by atoms with van der Waals surface area (Å²) in [6.45, 7) is 2.63. The van der Waals surface area contributed by atoms with Gasteiger partial charge in [0.25, 0.3) is 0 Å². The average Bonchev–Trinajstić information content (AvgIpc) is 2.83. The fraction of sp³-hybridized carbons (Fsp3) is 0.467. The second-order valence-corrected chi connectivity index (χ2v) is 5.71. The minimum atomic E-state index is -1.23. The molecular weight excluding hydrogens is 256 g/mol. The third-order valence-corrected chi connectivity index (χ3v) is 4.08. The van der Waals surface area contributed by atoms with Crippen LogP contribution >= 0.6 is 0 Å². The first-order chi connectivity index (χ1) is 9.49. The van der Waals surface area contributed by atoms with E-state index in [-0.39, 0.29) is 0 Å². The van der Waals surface area contributed by atoms with E-state index < -0.39 is 11.6 Å². The lowest BCUT2D eigenvalue weighted by Gasteiger charge is -2.27. The Balaban J connectivity index is 1.88. The fourth-order valence-electron chi connectivity index (χ4n) is 2.77. The maximum atomic E-state index is 11.2. The molecule has 3 rings (SSSR count).